The van der Waals surface area contributed by atoms with Gasteiger partial charge in [-0.3, -0.25) is 9.89 Å². The molecule has 0 amide bonds. The number of benzene rings is 2. The van der Waals surface area contributed by atoms with Crippen LogP contribution in [0.25, 0.3) is 16.5 Å². The maximum atomic E-state index is 12.1. The Balaban J connectivity index is 2.22. The van der Waals surface area contributed by atoms with Gasteiger partial charge in [0, 0.05) is 21.7 Å². The number of hydrogen-bond acceptors (Lipinski definition) is 7. The van der Waals surface area contributed by atoms with E-state index in [-0.39, 0.29) is 11.4 Å². The molecule has 2 aromatic carbocycles. The Morgan fingerprint density at radius 1 is 1.21 bits per heavy atom. The van der Waals surface area contributed by atoms with Crippen molar-refractivity contribution in [3.05, 3.63) is 52.4 Å². The van der Waals surface area contributed by atoms with Crippen molar-refractivity contribution < 1.29 is 29.6 Å². The van der Waals surface area contributed by atoms with Crippen LogP contribution >= 0.6 is 12.0 Å². The molecule has 0 saturated carbocycles. The molecule has 9 nitrogen and oxygen atoms in total. The van der Waals surface area contributed by atoms with Crippen LogP contribution in [0.15, 0.2) is 46.1 Å². The first-order valence-electron chi connectivity index (χ1n) is 6.47. The second-order valence-corrected chi connectivity index (χ2v) is 5.46. The highest BCUT2D eigenvalue weighted by Gasteiger charge is 2.14. The normalized spacial score (nSPS) is 11.0. The Bertz CT molecular complexity index is 979. The molecular formula is C14H10N2O7S. The van der Waals surface area contributed by atoms with Crippen LogP contribution in [0.5, 0.6) is 5.75 Å². The maximum absolute atomic E-state index is 12.1. The summed E-state index contributed by atoms with van der Waals surface area (Å²) in [4.78, 5) is 23.4. The molecule has 3 aromatic rings. The fraction of sp³-hybridized carbons (Fsp3) is 0. The molecule has 0 aliphatic rings. The summed E-state index contributed by atoms with van der Waals surface area (Å²) in [5.74, 6) is -1.35. The van der Waals surface area contributed by atoms with Crippen LogP contribution in [0.3, 0.4) is 0 Å². The van der Waals surface area contributed by atoms with E-state index in [0.717, 1.165) is 10.7 Å². The maximum Gasteiger partial charge on any atom is 0.353 e. The van der Waals surface area contributed by atoms with Crippen molar-refractivity contribution in [2.45, 2.75) is 4.90 Å². The molecule has 0 bridgehead atoms. The zero-order valence-electron chi connectivity index (χ0n) is 11.8. The molecular weight excluding hydrogens is 340 g/mol. The number of carboxylic acid groups (broad SMARTS) is 1. The summed E-state index contributed by atoms with van der Waals surface area (Å²) in [5.41, 5.74) is -0.483. The quantitative estimate of drug-likeness (QED) is 0.312. The summed E-state index contributed by atoms with van der Waals surface area (Å²) in [7, 11) is 0. The summed E-state index contributed by atoms with van der Waals surface area (Å²) < 4.78 is 5.39. The summed E-state index contributed by atoms with van der Waals surface area (Å²) in [5, 5.41) is 34.2. The fourth-order valence-corrected chi connectivity index (χ4v) is 2.74. The number of fused-ring (bicyclic) bond motifs is 1. The number of carboxylic acids is 1. The van der Waals surface area contributed by atoms with E-state index < -0.39 is 11.5 Å². The van der Waals surface area contributed by atoms with Crippen LogP contribution in [-0.2, 0) is 9.37 Å². The molecule has 124 valence electrons. The Hall–Kier alpha value is -2.79. The molecule has 1 heterocycles. The SMILES string of the molecule is O=C(O)c1cc(=O)n(-c2cccc3c(O)cc(SOOO)cc23)[nH]1. The van der Waals surface area contributed by atoms with E-state index in [2.05, 4.69) is 14.5 Å². The number of aromatic nitrogens is 2. The Labute approximate surface area is 137 Å². The lowest BCUT2D eigenvalue weighted by molar-refractivity contribution is -0.432. The number of aromatic amines is 1. The van der Waals surface area contributed by atoms with E-state index in [1.54, 1.807) is 24.3 Å². The molecule has 24 heavy (non-hydrogen) atoms. The number of phenolic OH excluding ortho intramolecular Hbond substituents is 1. The summed E-state index contributed by atoms with van der Waals surface area (Å²) in [6.07, 6.45) is 0. The number of hydrogen-bond donors (Lipinski definition) is 4. The van der Waals surface area contributed by atoms with Crippen LogP contribution in [0.4, 0.5) is 0 Å². The zero-order valence-corrected chi connectivity index (χ0v) is 12.6. The van der Waals surface area contributed by atoms with Crippen LogP contribution < -0.4 is 5.56 Å². The van der Waals surface area contributed by atoms with Crippen molar-refractivity contribution in [2.75, 3.05) is 0 Å². The summed E-state index contributed by atoms with van der Waals surface area (Å²) >= 11 is 0.644. The number of nitrogens with one attached hydrogen (secondary N) is 1. The van der Waals surface area contributed by atoms with Gasteiger partial charge in [-0.05, 0) is 18.2 Å². The van der Waals surface area contributed by atoms with Crippen molar-refractivity contribution in [3.8, 4) is 11.4 Å². The van der Waals surface area contributed by atoms with Gasteiger partial charge in [0.15, 0.2) is 0 Å². The van der Waals surface area contributed by atoms with Gasteiger partial charge in [0.1, 0.15) is 11.4 Å². The standard InChI is InChI=1S/C14H10N2O7S/c17-12-5-7(24-23-22-21)4-9-8(12)2-1-3-11(9)16-13(18)6-10(15-16)14(19)20/h1-6,15,17,21H,(H,19,20). The lowest BCUT2D eigenvalue weighted by Gasteiger charge is -2.10. The highest BCUT2D eigenvalue weighted by atomic mass is 32.2. The van der Waals surface area contributed by atoms with E-state index in [1.807, 2.05) is 0 Å². The van der Waals surface area contributed by atoms with Gasteiger partial charge in [-0.1, -0.05) is 17.2 Å². The lowest BCUT2D eigenvalue weighted by Crippen LogP contribution is -2.13. The lowest BCUT2D eigenvalue weighted by atomic mass is 10.1. The highest BCUT2D eigenvalue weighted by molar-refractivity contribution is 7.94. The van der Waals surface area contributed by atoms with E-state index in [0.29, 0.717) is 33.4 Å². The first kappa shape index (κ1) is 16.1. The van der Waals surface area contributed by atoms with E-state index in [9.17, 15) is 14.7 Å². The minimum atomic E-state index is -1.27. The zero-order chi connectivity index (χ0) is 17.3. The first-order chi connectivity index (χ1) is 11.5. The van der Waals surface area contributed by atoms with Crippen molar-refractivity contribution in [3.63, 3.8) is 0 Å². The third-order valence-electron chi connectivity index (χ3n) is 3.28. The molecule has 0 aliphatic heterocycles. The highest BCUT2D eigenvalue weighted by Crippen LogP contribution is 2.34. The average Bonchev–Trinajstić information content (AvgIpc) is 2.94. The molecule has 10 heteroatoms. The Kier molecular flexibility index (Phi) is 4.27. The molecule has 4 N–H and O–H groups in total. The number of carbonyl (C=O) groups is 1. The minimum Gasteiger partial charge on any atom is -0.507 e. The molecule has 3 rings (SSSR count). The van der Waals surface area contributed by atoms with Crippen molar-refractivity contribution >= 4 is 28.8 Å². The molecule has 0 saturated heterocycles. The van der Waals surface area contributed by atoms with E-state index in [4.69, 9.17) is 10.4 Å². The van der Waals surface area contributed by atoms with Crippen LogP contribution in [-0.4, -0.2) is 31.2 Å². The number of rotatable bonds is 5. The Morgan fingerprint density at radius 2 is 2.00 bits per heavy atom. The number of nitrogens with zero attached hydrogens (tertiary/aromatic N) is 1. The van der Waals surface area contributed by atoms with Gasteiger partial charge in [-0.2, -0.15) is 0 Å². The average molecular weight is 350 g/mol. The predicted octanol–water partition coefficient (Wildman–Crippen LogP) is 2.15. The van der Waals surface area contributed by atoms with Crippen molar-refractivity contribution in [2.24, 2.45) is 0 Å². The molecule has 0 atom stereocenters. The number of H-pyrrole nitrogens is 1. The van der Waals surface area contributed by atoms with Gasteiger partial charge in [0.25, 0.3) is 5.56 Å². The second-order valence-electron chi connectivity index (χ2n) is 4.69. The Morgan fingerprint density at radius 3 is 2.67 bits per heavy atom. The largest absolute Gasteiger partial charge is 0.507 e. The van der Waals surface area contributed by atoms with E-state index >= 15 is 0 Å². The summed E-state index contributed by atoms with van der Waals surface area (Å²) in [6.45, 7) is 0. The smallest absolute Gasteiger partial charge is 0.353 e. The van der Waals surface area contributed by atoms with Gasteiger partial charge >= 0.3 is 5.97 Å². The molecule has 1 aromatic heterocycles. The van der Waals surface area contributed by atoms with Gasteiger partial charge < -0.3 is 10.2 Å². The van der Waals surface area contributed by atoms with Crippen LogP contribution in [0.1, 0.15) is 10.5 Å². The fourth-order valence-electron chi connectivity index (χ4n) is 2.31. The van der Waals surface area contributed by atoms with Gasteiger partial charge in [-0.15, -0.1) is 4.33 Å². The van der Waals surface area contributed by atoms with Crippen LogP contribution in [0, 0.1) is 0 Å². The van der Waals surface area contributed by atoms with E-state index in [1.165, 1.54) is 6.07 Å². The van der Waals surface area contributed by atoms with Crippen molar-refractivity contribution in [1.82, 2.24) is 9.78 Å². The van der Waals surface area contributed by atoms with Crippen LogP contribution in [0.2, 0.25) is 0 Å². The third kappa shape index (κ3) is 2.86. The molecule has 0 unspecified atom stereocenters. The monoisotopic (exact) mass is 350 g/mol. The molecule has 0 aliphatic carbocycles. The number of aromatic carboxylic acids is 1. The third-order valence-corrected chi connectivity index (χ3v) is 3.83. The topological polar surface area (TPSA) is 134 Å². The molecule has 0 radical (unpaired) electrons. The van der Waals surface area contributed by atoms with Gasteiger partial charge in [0.2, 0.25) is 0 Å². The number of aromatic hydroxyl groups is 1. The predicted molar refractivity (Wildman–Crippen MR) is 83.2 cm³/mol. The first-order valence-corrected chi connectivity index (χ1v) is 7.21. The molecule has 0 fully saturated rings. The summed E-state index contributed by atoms with van der Waals surface area (Å²) in [6, 6.07) is 8.77. The second kappa shape index (κ2) is 6.37. The van der Waals surface area contributed by atoms with Gasteiger partial charge in [0.05, 0.1) is 17.7 Å². The number of phenols is 1. The van der Waals surface area contributed by atoms with Crippen molar-refractivity contribution in [1.29, 1.82) is 0 Å². The minimum absolute atomic E-state index is 0.0866. The van der Waals surface area contributed by atoms with Gasteiger partial charge in [-0.25, -0.2) is 14.7 Å². The molecule has 0 spiro atoms.